The first-order valence-corrected chi connectivity index (χ1v) is 5.10. The minimum absolute atomic E-state index is 0.0868. The number of nitrogens with one attached hydrogen (secondary N) is 1. The summed E-state index contributed by atoms with van der Waals surface area (Å²) in [4.78, 5) is 10.1. The summed E-state index contributed by atoms with van der Waals surface area (Å²) in [7, 11) is 0. The molecule has 1 aromatic rings. The first-order valence-electron chi connectivity index (χ1n) is 5.10. The van der Waals surface area contributed by atoms with Crippen LogP contribution >= 0.6 is 0 Å². The SMILES string of the molecule is C=C(CNCC)Cn1cc(C)c([N+](=O)[O-])n1. The highest BCUT2D eigenvalue weighted by Gasteiger charge is 2.16. The third-order valence-corrected chi connectivity index (χ3v) is 2.10. The highest BCUT2D eigenvalue weighted by Crippen LogP contribution is 2.14. The van der Waals surface area contributed by atoms with E-state index < -0.39 is 4.92 Å². The number of nitro groups is 1. The first kappa shape index (κ1) is 12.4. The zero-order valence-corrected chi connectivity index (χ0v) is 9.56. The summed E-state index contributed by atoms with van der Waals surface area (Å²) in [6.07, 6.45) is 1.66. The normalized spacial score (nSPS) is 10.4. The van der Waals surface area contributed by atoms with Crippen molar-refractivity contribution in [2.45, 2.75) is 20.4 Å². The molecule has 16 heavy (non-hydrogen) atoms. The van der Waals surface area contributed by atoms with Gasteiger partial charge in [0, 0.05) is 6.54 Å². The number of hydrogen-bond acceptors (Lipinski definition) is 4. The van der Waals surface area contributed by atoms with Crippen LogP contribution in [0.4, 0.5) is 5.82 Å². The molecule has 0 bridgehead atoms. The van der Waals surface area contributed by atoms with Crippen LogP contribution in [-0.4, -0.2) is 27.8 Å². The van der Waals surface area contributed by atoms with E-state index in [0.717, 1.165) is 12.1 Å². The summed E-state index contributed by atoms with van der Waals surface area (Å²) >= 11 is 0. The van der Waals surface area contributed by atoms with Crippen molar-refractivity contribution in [1.29, 1.82) is 0 Å². The van der Waals surface area contributed by atoms with Gasteiger partial charge in [-0.2, -0.15) is 4.68 Å². The molecule has 1 heterocycles. The number of nitrogens with zero attached hydrogens (tertiary/aromatic N) is 3. The first-order chi connectivity index (χ1) is 7.54. The fourth-order valence-electron chi connectivity index (χ4n) is 1.36. The maximum Gasteiger partial charge on any atom is 0.392 e. The van der Waals surface area contributed by atoms with Gasteiger partial charge in [0.2, 0.25) is 0 Å². The Balaban J connectivity index is 2.64. The van der Waals surface area contributed by atoms with E-state index in [0.29, 0.717) is 18.7 Å². The summed E-state index contributed by atoms with van der Waals surface area (Å²) < 4.78 is 1.55. The van der Waals surface area contributed by atoms with Crippen LogP contribution in [0.3, 0.4) is 0 Å². The second-order valence-electron chi connectivity index (χ2n) is 3.62. The van der Waals surface area contributed by atoms with E-state index in [1.54, 1.807) is 17.8 Å². The molecular weight excluding hydrogens is 208 g/mol. The topological polar surface area (TPSA) is 73.0 Å². The van der Waals surface area contributed by atoms with Crippen LogP contribution in [0.25, 0.3) is 0 Å². The van der Waals surface area contributed by atoms with E-state index in [1.165, 1.54) is 0 Å². The molecule has 1 rings (SSSR count). The van der Waals surface area contributed by atoms with Gasteiger partial charge in [0.15, 0.2) is 0 Å². The molecule has 1 N–H and O–H groups in total. The Bertz CT molecular complexity index is 398. The molecule has 6 heteroatoms. The summed E-state index contributed by atoms with van der Waals surface area (Å²) in [6.45, 7) is 9.64. The highest BCUT2D eigenvalue weighted by molar-refractivity contribution is 5.28. The fraction of sp³-hybridized carbons (Fsp3) is 0.500. The van der Waals surface area contributed by atoms with E-state index in [4.69, 9.17) is 0 Å². The molecular formula is C10H16N4O2. The summed E-state index contributed by atoms with van der Waals surface area (Å²) in [5, 5.41) is 17.6. The molecule has 0 radical (unpaired) electrons. The molecule has 0 spiro atoms. The smallest absolute Gasteiger partial charge is 0.358 e. The molecule has 0 aliphatic heterocycles. The molecule has 0 amide bonds. The van der Waals surface area contributed by atoms with E-state index in [-0.39, 0.29) is 5.82 Å². The Kier molecular flexibility index (Phi) is 4.19. The van der Waals surface area contributed by atoms with Gasteiger partial charge in [0.1, 0.15) is 0 Å². The predicted octanol–water partition coefficient (Wildman–Crippen LogP) is 1.27. The zero-order valence-electron chi connectivity index (χ0n) is 9.56. The lowest BCUT2D eigenvalue weighted by atomic mass is 10.3. The number of rotatable bonds is 6. The van der Waals surface area contributed by atoms with Crippen molar-refractivity contribution in [2.24, 2.45) is 0 Å². The third kappa shape index (κ3) is 3.16. The second kappa shape index (κ2) is 5.41. The summed E-state index contributed by atoms with van der Waals surface area (Å²) in [5.41, 5.74) is 1.51. The van der Waals surface area contributed by atoms with Gasteiger partial charge < -0.3 is 15.4 Å². The molecule has 88 valence electrons. The average molecular weight is 224 g/mol. The predicted molar refractivity (Wildman–Crippen MR) is 61.3 cm³/mol. The van der Waals surface area contributed by atoms with Gasteiger partial charge in [-0.1, -0.05) is 13.5 Å². The van der Waals surface area contributed by atoms with Crippen LogP contribution in [0.5, 0.6) is 0 Å². The molecule has 0 aliphatic carbocycles. The van der Waals surface area contributed by atoms with Crippen LogP contribution in [0.2, 0.25) is 0 Å². The third-order valence-electron chi connectivity index (χ3n) is 2.10. The van der Waals surface area contributed by atoms with Crippen molar-refractivity contribution >= 4 is 5.82 Å². The lowest BCUT2D eigenvalue weighted by Crippen LogP contribution is -2.18. The van der Waals surface area contributed by atoms with Gasteiger partial charge in [-0.15, -0.1) is 0 Å². The molecule has 0 aliphatic rings. The van der Waals surface area contributed by atoms with Crippen molar-refractivity contribution in [1.82, 2.24) is 15.1 Å². The summed E-state index contributed by atoms with van der Waals surface area (Å²) in [5.74, 6) is -0.0868. The van der Waals surface area contributed by atoms with Crippen LogP contribution in [-0.2, 0) is 6.54 Å². The Hall–Kier alpha value is -1.69. The van der Waals surface area contributed by atoms with Crippen LogP contribution in [0.15, 0.2) is 18.3 Å². The number of aromatic nitrogens is 2. The quantitative estimate of drug-likeness (QED) is 0.448. The molecule has 0 unspecified atom stereocenters. The van der Waals surface area contributed by atoms with Crippen LogP contribution in [0.1, 0.15) is 12.5 Å². The van der Waals surface area contributed by atoms with Crippen molar-refractivity contribution in [3.05, 3.63) is 34.0 Å². The maximum absolute atomic E-state index is 10.6. The Morgan fingerprint density at radius 1 is 1.75 bits per heavy atom. The lowest BCUT2D eigenvalue weighted by molar-refractivity contribution is -0.390. The van der Waals surface area contributed by atoms with Gasteiger partial charge in [-0.25, -0.2) is 0 Å². The maximum atomic E-state index is 10.6. The minimum Gasteiger partial charge on any atom is -0.358 e. The van der Waals surface area contributed by atoms with Gasteiger partial charge in [0.05, 0.1) is 23.4 Å². The Morgan fingerprint density at radius 2 is 2.44 bits per heavy atom. The van der Waals surface area contributed by atoms with Crippen molar-refractivity contribution < 1.29 is 4.92 Å². The Labute approximate surface area is 94.1 Å². The van der Waals surface area contributed by atoms with Gasteiger partial charge in [0.25, 0.3) is 0 Å². The summed E-state index contributed by atoms with van der Waals surface area (Å²) in [6, 6.07) is 0. The highest BCUT2D eigenvalue weighted by atomic mass is 16.6. The van der Waals surface area contributed by atoms with Crippen molar-refractivity contribution in [3.8, 4) is 0 Å². The van der Waals surface area contributed by atoms with Crippen LogP contribution in [0, 0.1) is 17.0 Å². The van der Waals surface area contributed by atoms with E-state index in [2.05, 4.69) is 17.0 Å². The molecule has 6 nitrogen and oxygen atoms in total. The molecule has 0 fully saturated rings. The van der Waals surface area contributed by atoms with Gasteiger partial charge in [-0.3, -0.25) is 0 Å². The standard InChI is InChI=1S/C10H16N4O2/c1-4-11-5-8(2)6-13-7-9(3)10(12-13)14(15)16/h7,11H,2,4-6H2,1,3H3. The fourth-order valence-corrected chi connectivity index (χ4v) is 1.36. The monoisotopic (exact) mass is 224 g/mol. The molecule has 0 saturated heterocycles. The molecule has 0 saturated carbocycles. The molecule has 0 aromatic carbocycles. The minimum atomic E-state index is -0.473. The van der Waals surface area contributed by atoms with E-state index in [9.17, 15) is 10.1 Å². The van der Waals surface area contributed by atoms with E-state index in [1.807, 2.05) is 6.92 Å². The van der Waals surface area contributed by atoms with Crippen molar-refractivity contribution in [3.63, 3.8) is 0 Å². The van der Waals surface area contributed by atoms with Crippen molar-refractivity contribution in [2.75, 3.05) is 13.1 Å². The zero-order chi connectivity index (χ0) is 12.1. The second-order valence-corrected chi connectivity index (χ2v) is 3.62. The van der Waals surface area contributed by atoms with Gasteiger partial charge in [-0.05, 0) is 24.0 Å². The lowest BCUT2D eigenvalue weighted by Gasteiger charge is -2.03. The molecule has 1 aromatic heterocycles. The van der Waals surface area contributed by atoms with Crippen LogP contribution < -0.4 is 5.32 Å². The van der Waals surface area contributed by atoms with E-state index >= 15 is 0 Å². The largest absolute Gasteiger partial charge is 0.392 e. The Morgan fingerprint density at radius 3 is 2.94 bits per heavy atom. The molecule has 0 atom stereocenters. The van der Waals surface area contributed by atoms with Gasteiger partial charge >= 0.3 is 5.82 Å². The number of aryl methyl sites for hydroxylation is 1. The number of hydrogen-bond donors (Lipinski definition) is 1. The number of likely N-dealkylation sites (N-methyl/N-ethyl adjacent to an activating group) is 1. The average Bonchev–Trinajstić information content (AvgIpc) is 2.56.